The monoisotopic (exact) mass is 195 g/mol. The fourth-order valence-electron chi connectivity index (χ4n) is 1.11. The van der Waals surface area contributed by atoms with E-state index in [1.807, 2.05) is 19.2 Å². The predicted octanol–water partition coefficient (Wildman–Crippen LogP) is 2.07. The predicted molar refractivity (Wildman–Crippen MR) is 55.9 cm³/mol. The largest absolute Gasteiger partial charge is 0.497 e. The van der Waals surface area contributed by atoms with E-state index < -0.39 is 0 Å². The average Bonchev–Trinajstić information content (AvgIpc) is 2.17. The van der Waals surface area contributed by atoms with Gasteiger partial charge in [0.25, 0.3) is 0 Å². The molecule has 0 radical (unpaired) electrons. The van der Waals surface area contributed by atoms with Crippen LogP contribution in [0.15, 0.2) is 24.3 Å². The van der Waals surface area contributed by atoms with Crippen LogP contribution < -0.4 is 10.1 Å². The lowest BCUT2D eigenvalue weighted by Gasteiger charge is -2.01. The molecule has 0 unspecified atom stereocenters. The zero-order valence-electron chi connectivity index (χ0n) is 8.38. The molecule has 3 heteroatoms. The van der Waals surface area contributed by atoms with Gasteiger partial charge in [-0.25, -0.2) is 4.39 Å². The molecule has 0 spiro atoms. The molecule has 14 heavy (non-hydrogen) atoms. The Morgan fingerprint density at radius 2 is 2.21 bits per heavy atom. The molecule has 0 fully saturated rings. The minimum Gasteiger partial charge on any atom is -0.497 e. The van der Waals surface area contributed by atoms with Crippen molar-refractivity contribution in [3.8, 4) is 5.75 Å². The van der Waals surface area contributed by atoms with Gasteiger partial charge < -0.3 is 10.1 Å². The van der Waals surface area contributed by atoms with Crippen molar-refractivity contribution in [1.82, 2.24) is 5.32 Å². The molecule has 1 aromatic rings. The van der Waals surface area contributed by atoms with E-state index in [0.29, 0.717) is 5.75 Å². The van der Waals surface area contributed by atoms with Crippen LogP contribution in [0.25, 0.3) is 6.08 Å². The molecule has 0 heterocycles. The highest BCUT2D eigenvalue weighted by atomic mass is 19.1. The third kappa shape index (κ3) is 3.18. The maximum absolute atomic E-state index is 13.0. The molecule has 0 aliphatic rings. The van der Waals surface area contributed by atoms with Gasteiger partial charge in [-0.3, -0.25) is 0 Å². The second-order valence-electron chi connectivity index (χ2n) is 2.88. The van der Waals surface area contributed by atoms with Crippen LogP contribution in [0.3, 0.4) is 0 Å². The van der Waals surface area contributed by atoms with Gasteiger partial charge >= 0.3 is 0 Å². The summed E-state index contributed by atoms with van der Waals surface area (Å²) in [6.45, 7) is 0.763. The summed E-state index contributed by atoms with van der Waals surface area (Å²) in [6.07, 6.45) is 3.77. The Labute approximate surface area is 83.4 Å². The molecule has 0 saturated heterocycles. The number of methoxy groups -OCH3 is 1. The first kappa shape index (κ1) is 10.7. The molecule has 76 valence electrons. The average molecular weight is 195 g/mol. The molecule has 2 nitrogen and oxygen atoms in total. The Morgan fingerprint density at radius 1 is 1.43 bits per heavy atom. The van der Waals surface area contributed by atoms with E-state index in [2.05, 4.69) is 5.32 Å². The fourth-order valence-corrected chi connectivity index (χ4v) is 1.11. The highest BCUT2D eigenvalue weighted by molar-refractivity contribution is 5.52. The van der Waals surface area contributed by atoms with Crippen molar-refractivity contribution in [2.24, 2.45) is 0 Å². The number of rotatable bonds is 4. The molecular formula is C11H14FNO. The van der Waals surface area contributed by atoms with Crippen LogP contribution in [0.5, 0.6) is 5.75 Å². The Morgan fingerprint density at radius 3 is 2.86 bits per heavy atom. The van der Waals surface area contributed by atoms with E-state index in [9.17, 15) is 4.39 Å². The van der Waals surface area contributed by atoms with Crippen LogP contribution in [-0.2, 0) is 0 Å². The minimum atomic E-state index is -0.284. The summed E-state index contributed by atoms with van der Waals surface area (Å²) in [5, 5.41) is 2.97. The number of hydrogen-bond donors (Lipinski definition) is 1. The molecule has 0 aliphatic carbocycles. The SMILES string of the molecule is CNCC=Cc1cc(F)cc(OC)c1. The van der Waals surface area contributed by atoms with Gasteiger partial charge in [0, 0.05) is 12.6 Å². The maximum Gasteiger partial charge on any atom is 0.127 e. The van der Waals surface area contributed by atoms with Gasteiger partial charge in [0.1, 0.15) is 11.6 Å². The lowest BCUT2D eigenvalue weighted by Crippen LogP contribution is -2.03. The number of halogens is 1. The van der Waals surface area contributed by atoms with Crippen LogP contribution in [-0.4, -0.2) is 20.7 Å². The van der Waals surface area contributed by atoms with Gasteiger partial charge in [0.05, 0.1) is 7.11 Å². The van der Waals surface area contributed by atoms with E-state index in [0.717, 1.165) is 12.1 Å². The van der Waals surface area contributed by atoms with Crippen molar-refractivity contribution in [3.05, 3.63) is 35.7 Å². The molecule has 0 amide bonds. The topological polar surface area (TPSA) is 21.3 Å². The Bertz CT molecular complexity index is 323. The zero-order valence-corrected chi connectivity index (χ0v) is 8.38. The molecule has 0 aromatic heterocycles. The molecule has 1 N–H and O–H groups in total. The number of benzene rings is 1. The van der Waals surface area contributed by atoms with Crippen LogP contribution in [0, 0.1) is 5.82 Å². The summed E-state index contributed by atoms with van der Waals surface area (Å²) in [5.74, 6) is 0.252. The molecule has 0 saturated carbocycles. The van der Waals surface area contributed by atoms with Crippen LogP contribution in [0.4, 0.5) is 4.39 Å². The molecule has 1 aromatic carbocycles. The van der Waals surface area contributed by atoms with Crippen molar-refractivity contribution >= 4 is 6.08 Å². The fraction of sp³-hybridized carbons (Fsp3) is 0.273. The Balaban J connectivity index is 2.81. The maximum atomic E-state index is 13.0. The summed E-state index contributed by atoms with van der Waals surface area (Å²) in [7, 11) is 3.38. The van der Waals surface area contributed by atoms with Crippen molar-refractivity contribution < 1.29 is 9.13 Å². The van der Waals surface area contributed by atoms with E-state index in [-0.39, 0.29) is 5.82 Å². The Kier molecular flexibility index (Phi) is 4.13. The van der Waals surface area contributed by atoms with E-state index in [1.165, 1.54) is 19.2 Å². The van der Waals surface area contributed by atoms with E-state index in [4.69, 9.17) is 4.74 Å². The Hall–Kier alpha value is -1.35. The number of hydrogen-bond acceptors (Lipinski definition) is 2. The zero-order chi connectivity index (χ0) is 10.4. The lowest BCUT2D eigenvalue weighted by molar-refractivity contribution is 0.411. The van der Waals surface area contributed by atoms with Crippen molar-refractivity contribution in [2.45, 2.75) is 0 Å². The van der Waals surface area contributed by atoms with Gasteiger partial charge in [-0.2, -0.15) is 0 Å². The highest BCUT2D eigenvalue weighted by Crippen LogP contribution is 2.16. The smallest absolute Gasteiger partial charge is 0.127 e. The van der Waals surface area contributed by atoms with E-state index in [1.54, 1.807) is 6.07 Å². The second-order valence-corrected chi connectivity index (χ2v) is 2.88. The molecule has 0 bridgehead atoms. The van der Waals surface area contributed by atoms with Crippen LogP contribution in [0.2, 0.25) is 0 Å². The number of nitrogens with one attached hydrogen (secondary N) is 1. The summed E-state index contributed by atoms with van der Waals surface area (Å²) >= 11 is 0. The third-order valence-electron chi connectivity index (χ3n) is 1.76. The first-order chi connectivity index (χ1) is 6.76. The molecular weight excluding hydrogens is 181 g/mol. The summed E-state index contributed by atoms with van der Waals surface area (Å²) in [4.78, 5) is 0. The molecule has 1 rings (SSSR count). The quantitative estimate of drug-likeness (QED) is 0.794. The summed E-state index contributed by atoms with van der Waals surface area (Å²) < 4.78 is 17.9. The molecule has 0 aliphatic heterocycles. The van der Waals surface area contributed by atoms with Crippen LogP contribution >= 0.6 is 0 Å². The van der Waals surface area contributed by atoms with E-state index >= 15 is 0 Å². The number of likely N-dealkylation sites (N-methyl/N-ethyl adjacent to an activating group) is 1. The minimum absolute atomic E-state index is 0.284. The third-order valence-corrected chi connectivity index (χ3v) is 1.76. The molecule has 0 atom stereocenters. The van der Waals surface area contributed by atoms with Gasteiger partial charge in [-0.1, -0.05) is 12.2 Å². The lowest BCUT2D eigenvalue weighted by atomic mass is 10.2. The van der Waals surface area contributed by atoms with Crippen molar-refractivity contribution in [3.63, 3.8) is 0 Å². The summed E-state index contributed by atoms with van der Waals surface area (Å²) in [6, 6.07) is 4.61. The van der Waals surface area contributed by atoms with Gasteiger partial charge in [-0.15, -0.1) is 0 Å². The number of ether oxygens (including phenoxy) is 1. The van der Waals surface area contributed by atoms with Crippen molar-refractivity contribution in [2.75, 3.05) is 20.7 Å². The first-order valence-corrected chi connectivity index (χ1v) is 4.42. The van der Waals surface area contributed by atoms with Gasteiger partial charge in [0.2, 0.25) is 0 Å². The van der Waals surface area contributed by atoms with Crippen LogP contribution in [0.1, 0.15) is 5.56 Å². The second kappa shape index (κ2) is 5.40. The van der Waals surface area contributed by atoms with Crippen molar-refractivity contribution in [1.29, 1.82) is 0 Å². The highest BCUT2D eigenvalue weighted by Gasteiger charge is 1.97. The van der Waals surface area contributed by atoms with Gasteiger partial charge in [-0.05, 0) is 24.7 Å². The summed E-state index contributed by atoms with van der Waals surface area (Å²) in [5.41, 5.74) is 0.803. The normalized spacial score (nSPS) is 10.8. The first-order valence-electron chi connectivity index (χ1n) is 4.42. The standard InChI is InChI=1S/C11H14FNO/c1-13-5-3-4-9-6-10(12)8-11(7-9)14-2/h3-4,6-8,13H,5H2,1-2H3. The van der Waals surface area contributed by atoms with Gasteiger partial charge in [0.15, 0.2) is 0 Å².